The lowest BCUT2D eigenvalue weighted by molar-refractivity contribution is -0.138. The Morgan fingerprint density at radius 2 is 1.95 bits per heavy atom. The summed E-state index contributed by atoms with van der Waals surface area (Å²) < 4.78 is 38.0. The van der Waals surface area contributed by atoms with Crippen molar-refractivity contribution in [1.29, 1.82) is 0 Å². The maximum atomic E-state index is 12.7. The third-order valence-electron chi connectivity index (χ3n) is 2.29. The van der Waals surface area contributed by atoms with E-state index in [0.29, 0.717) is 0 Å². The van der Waals surface area contributed by atoms with Crippen LogP contribution in [0.3, 0.4) is 0 Å². The molecule has 3 amide bonds. The van der Waals surface area contributed by atoms with E-state index in [9.17, 15) is 22.8 Å². The molecule has 0 radical (unpaired) electrons. The number of nitrogens with one attached hydrogen (secondary N) is 2. The van der Waals surface area contributed by atoms with E-state index in [1.54, 1.807) is 0 Å². The predicted molar refractivity (Wildman–Crippen MR) is 70.0 cm³/mol. The SMILES string of the molecule is CC(Nc1ccc(Br)c(C(F)(F)F)c1)C(=O)NC(N)=O. The second-order valence-corrected chi connectivity index (χ2v) is 4.77. The molecular formula is C11H11BrF3N3O2. The zero-order chi connectivity index (χ0) is 15.5. The maximum absolute atomic E-state index is 12.7. The number of imide groups is 1. The first-order valence-corrected chi connectivity index (χ1v) is 6.14. The molecular weight excluding hydrogens is 343 g/mol. The molecule has 0 spiro atoms. The second-order valence-electron chi connectivity index (χ2n) is 3.91. The van der Waals surface area contributed by atoms with Crippen LogP contribution in [0, 0.1) is 0 Å². The zero-order valence-corrected chi connectivity index (χ0v) is 11.8. The molecule has 0 saturated carbocycles. The fraction of sp³-hybridized carbons (Fsp3) is 0.273. The summed E-state index contributed by atoms with van der Waals surface area (Å²) in [5.41, 5.74) is 3.99. The van der Waals surface area contributed by atoms with Crippen LogP contribution in [0.5, 0.6) is 0 Å². The molecule has 0 fully saturated rings. The lowest BCUT2D eigenvalue weighted by Crippen LogP contribution is -2.43. The van der Waals surface area contributed by atoms with Crippen molar-refractivity contribution in [1.82, 2.24) is 5.32 Å². The minimum Gasteiger partial charge on any atom is -0.374 e. The molecule has 5 nitrogen and oxygen atoms in total. The van der Waals surface area contributed by atoms with Crippen molar-refractivity contribution in [3.8, 4) is 0 Å². The van der Waals surface area contributed by atoms with E-state index in [-0.39, 0.29) is 10.2 Å². The van der Waals surface area contributed by atoms with E-state index in [4.69, 9.17) is 5.73 Å². The van der Waals surface area contributed by atoms with Gasteiger partial charge in [-0.05, 0) is 25.1 Å². The van der Waals surface area contributed by atoms with Crippen LogP contribution in [0.15, 0.2) is 22.7 Å². The Balaban J connectivity index is 2.89. The molecule has 0 aliphatic carbocycles. The van der Waals surface area contributed by atoms with Crippen LogP contribution in [-0.2, 0) is 11.0 Å². The van der Waals surface area contributed by atoms with E-state index < -0.39 is 29.7 Å². The van der Waals surface area contributed by atoms with Gasteiger partial charge in [0.1, 0.15) is 6.04 Å². The van der Waals surface area contributed by atoms with Gasteiger partial charge in [-0.1, -0.05) is 15.9 Å². The van der Waals surface area contributed by atoms with Gasteiger partial charge < -0.3 is 11.1 Å². The number of halogens is 4. The van der Waals surface area contributed by atoms with Crippen molar-refractivity contribution in [3.05, 3.63) is 28.2 Å². The van der Waals surface area contributed by atoms with E-state index in [1.807, 2.05) is 5.32 Å². The van der Waals surface area contributed by atoms with Crippen LogP contribution in [0.25, 0.3) is 0 Å². The fourth-order valence-corrected chi connectivity index (χ4v) is 1.85. The second kappa shape index (κ2) is 6.12. The summed E-state index contributed by atoms with van der Waals surface area (Å²) in [5.74, 6) is -0.742. The van der Waals surface area contributed by atoms with Crippen LogP contribution in [0.4, 0.5) is 23.7 Å². The largest absolute Gasteiger partial charge is 0.417 e. The molecule has 0 heterocycles. The Kier molecular flexibility index (Phi) is 4.98. The monoisotopic (exact) mass is 353 g/mol. The van der Waals surface area contributed by atoms with Gasteiger partial charge in [0.2, 0.25) is 5.91 Å². The zero-order valence-electron chi connectivity index (χ0n) is 10.2. The van der Waals surface area contributed by atoms with Crippen LogP contribution in [0.1, 0.15) is 12.5 Å². The van der Waals surface area contributed by atoms with Crippen molar-refractivity contribution in [2.24, 2.45) is 5.73 Å². The lowest BCUT2D eigenvalue weighted by atomic mass is 10.2. The highest BCUT2D eigenvalue weighted by atomic mass is 79.9. The summed E-state index contributed by atoms with van der Waals surface area (Å²) in [5, 5.41) is 4.37. The first-order valence-electron chi connectivity index (χ1n) is 5.35. The van der Waals surface area contributed by atoms with Gasteiger partial charge >= 0.3 is 12.2 Å². The highest BCUT2D eigenvalue weighted by molar-refractivity contribution is 9.10. The van der Waals surface area contributed by atoms with Crippen LogP contribution in [0.2, 0.25) is 0 Å². The molecule has 4 N–H and O–H groups in total. The molecule has 110 valence electrons. The molecule has 0 aliphatic heterocycles. The molecule has 1 unspecified atom stereocenters. The van der Waals surface area contributed by atoms with Gasteiger partial charge in [0.15, 0.2) is 0 Å². The quantitative estimate of drug-likeness (QED) is 0.780. The molecule has 1 aromatic rings. The number of benzene rings is 1. The average Bonchev–Trinajstić information content (AvgIpc) is 2.29. The number of primary amides is 1. The highest BCUT2D eigenvalue weighted by Gasteiger charge is 2.33. The molecule has 0 bridgehead atoms. The highest BCUT2D eigenvalue weighted by Crippen LogP contribution is 2.36. The Hall–Kier alpha value is -1.77. The number of nitrogens with two attached hydrogens (primary N) is 1. The lowest BCUT2D eigenvalue weighted by Gasteiger charge is -2.16. The summed E-state index contributed by atoms with van der Waals surface area (Å²) >= 11 is 2.81. The molecule has 1 rings (SSSR count). The van der Waals surface area contributed by atoms with Gasteiger partial charge in [-0.25, -0.2) is 4.79 Å². The van der Waals surface area contributed by atoms with Crippen LogP contribution < -0.4 is 16.4 Å². The number of hydrogen-bond donors (Lipinski definition) is 3. The molecule has 1 aromatic carbocycles. The first kappa shape index (κ1) is 16.3. The Labute approximate surface area is 120 Å². The van der Waals surface area contributed by atoms with Crippen LogP contribution in [-0.4, -0.2) is 18.0 Å². The summed E-state index contributed by atoms with van der Waals surface area (Å²) in [6.07, 6.45) is -4.52. The number of urea groups is 1. The number of carbonyl (C=O) groups excluding carboxylic acids is 2. The van der Waals surface area contributed by atoms with Crippen molar-refractivity contribution in [2.45, 2.75) is 19.1 Å². The van der Waals surface area contributed by atoms with E-state index in [2.05, 4.69) is 21.2 Å². The summed E-state index contributed by atoms with van der Waals surface area (Å²) in [7, 11) is 0. The van der Waals surface area contributed by atoms with Gasteiger partial charge in [0, 0.05) is 10.2 Å². The number of anilines is 1. The van der Waals surface area contributed by atoms with Gasteiger partial charge in [-0.3, -0.25) is 10.1 Å². The number of hydrogen-bond acceptors (Lipinski definition) is 3. The number of rotatable bonds is 3. The topological polar surface area (TPSA) is 84.2 Å². The van der Waals surface area contributed by atoms with Crippen molar-refractivity contribution in [3.63, 3.8) is 0 Å². The third kappa shape index (κ3) is 4.41. The first-order chi connectivity index (χ1) is 9.11. The average molecular weight is 354 g/mol. The summed E-state index contributed by atoms with van der Waals surface area (Å²) in [6, 6.07) is 1.48. The Bertz CT molecular complexity index is 534. The molecule has 0 saturated heterocycles. The van der Waals surface area contributed by atoms with Crippen molar-refractivity contribution < 1.29 is 22.8 Å². The number of alkyl halides is 3. The van der Waals surface area contributed by atoms with E-state index in [1.165, 1.54) is 19.1 Å². The van der Waals surface area contributed by atoms with Gasteiger partial charge in [-0.15, -0.1) is 0 Å². The minimum atomic E-state index is -4.52. The standard InChI is InChI=1S/C11H11BrF3N3O2/c1-5(9(19)18-10(16)20)17-6-2-3-8(12)7(4-6)11(13,14)15/h2-5,17H,1H3,(H3,16,18,19,20). The molecule has 0 aliphatic rings. The van der Waals surface area contributed by atoms with Crippen LogP contribution >= 0.6 is 15.9 Å². The normalized spacial score (nSPS) is 12.7. The Morgan fingerprint density at radius 3 is 2.45 bits per heavy atom. The molecule has 0 aromatic heterocycles. The van der Waals surface area contributed by atoms with E-state index >= 15 is 0 Å². The molecule has 20 heavy (non-hydrogen) atoms. The fourth-order valence-electron chi connectivity index (χ4n) is 1.38. The minimum absolute atomic E-state index is 0.0904. The Morgan fingerprint density at radius 1 is 1.35 bits per heavy atom. The van der Waals surface area contributed by atoms with Gasteiger partial charge in [-0.2, -0.15) is 13.2 Å². The summed E-state index contributed by atoms with van der Waals surface area (Å²) in [6.45, 7) is 1.38. The van der Waals surface area contributed by atoms with Crippen molar-refractivity contribution in [2.75, 3.05) is 5.32 Å². The number of amides is 3. The van der Waals surface area contributed by atoms with Gasteiger partial charge in [0.25, 0.3) is 0 Å². The predicted octanol–water partition coefficient (Wildman–Crippen LogP) is 2.46. The third-order valence-corrected chi connectivity index (χ3v) is 2.99. The molecule has 1 atom stereocenters. The smallest absolute Gasteiger partial charge is 0.374 e. The van der Waals surface area contributed by atoms with Crippen molar-refractivity contribution >= 4 is 33.6 Å². The number of carbonyl (C=O) groups is 2. The maximum Gasteiger partial charge on any atom is 0.417 e. The molecule has 9 heteroatoms. The summed E-state index contributed by atoms with van der Waals surface area (Å²) in [4.78, 5) is 21.9. The van der Waals surface area contributed by atoms with E-state index in [0.717, 1.165) is 6.07 Å². The van der Waals surface area contributed by atoms with Gasteiger partial charge in [0.05, 0.1) is 5.56 Å².